The summed E-state index contributed by atoms with van der Waals surface area (Å²) in [6.45, 7) is 16.3. The van der Waals surface area contributed by atoms with Crippen LogP contribution in [0.4, 0.5) is 0 Å². The Bertz CT molecular complexity index is 675. The van der Waals surface area contributed by atoms with Crippen LogP contribution in [0.2, 0.25) is 0 Å². The Morgan fingerprint density at radius 3 is 1.15 bits per heavy atom. The Hall–Kier alpha value is -1.30. The molecule has 0 rings (SSSR count). The summed E-state index contributed by atoms with van der Waals surface area (Å²) >= 11 is 0. The molecule has 0 radical (unpaired) electrons. The molecule has 0 aromatic rings. The van der Waals surface area contributed by atoms with E-state index in [1.165, 1.54) is 51.4 Å². The smallest absolute Gasteiger partial charge is 0.306 e. The van der Waals surface area contributed by atoms with Crippen LogP contribution in [0.25, 0.3) is 0 Å². The number of rotatable bonds is 35. The molecule has 0 spiro atoms. The van der Waals surface area contributed by atoms with Crippen molar-refractivity contribution in [3.63, 3.8) is 0 Å². The van der Waals surface area contributed by atoms with Crippen LogP contribution in [-0.4, -0.2) is 103 Å². The van der Waals surface area contributed by atoms with Crippen molar-refractivity contribution in [2.24, 2.45) is 23.7 Å². The molecule has 10 heteroatoms. The van der Waals surface area contributed by atoms with Crippen LogP contribution >= 0.6 is 0 Å². The van der Waals surface area contributed by atoms with Crippen molar-refractivity contribution in [1.82, 2.24) is 0 Å². The van der Waals surface area contributed by atoms with Gasteiger partial charge in [0, 0.05) is 0 Å². The number of hydrogen-bond acceptors (Lipinski definition) is 10. The Balaban J connectivity index is 3.50. The largest absolute Gasteiger partial charge is 0.466 e. The number of aliphatic hydroxyl groups is 1. The molecule has 1 N–H and O–H groups in total. The summed E-state index contributed by atoms with van der Waals surface area (Å²) in [5, 5.41) is 8.59. The highest BCUT2D eigenvalue weighted by Gasteiger charge is 2.11. The Morgan fingerprint density at radius 2 is 0.761 bits per heavy atom. The zero-order valence-electron chi connectivity index (χ0n) is 30.1. The van der Waals surface area contributed by atoms with Gasteiger partial charge in [0.1, 0.15) is 6.61 Å². The maximum absolute atomic E-state index is 12.0. The first kappa shape index (κ1) is 44.7. The summed E-state index contributed by atoms with van der Waals surface area (Å²) in [4.78, 5) is 23.9. The summed E-state index contributed by atoms with van der Waals surface area (Å²) in [6.07, 6.45) is 12.6. The molecule has 0 aliphatic carbocycles. The molecule has 46 heavy (non-hydrogen) atoms. The molecule has 0 aromatic heterocycles. The molecule has 0 saturated carbocycles. The van der Waals surface area contributed by atoms with E-state index in [2.05, 4.69) is 34.6 Å². The highest BCUT2D eigenvalue weighted by atomic mass is 16.6. The van der Waals surface area contributed by atoms with Gasteiger partial charge < -0.3 is 38.3 Å². The van der Waals surface area contributed by atoms with E-state index < -0.39 is 5.97 Å². The lowest BCUT2D eigenvalue weighted by atomic mass is 9.91. The van der Waals surface area contributed by atoms with Crippen molar-refractivity contribution < 1.29 is 47.9 Å². The molecule has 3 unspecified atom stereocenters. The van der Waals surface area contributed by atoms with E-state index in [-0.39, 0.29) is 38.6 Å². The molecular formula is C36H70O10. The van der Waals surface area contributed by atoms with Crippen LogP contribution in [0.15, 0.2) is 0 Å². The number of aliphatic hydroxyl groups excluding tert-OH is 1. The summed E-state index contributed by atoms with van der Waals surface area (Å²) in [6, 6.07) is 0. The van der Waals surface area contributed by atoms with Crippen molar-refractivity contribution in [2.75, 3.05) is 85.9 Å². The van der Waals surface area contributed by atoms with E-state index in [0.29, 0.717) is 72.0 Å². The third kappa shape index (κ3) is 34.0. The van der Waals surface area contributed by atoms with Crippen LogP contribution in [-0.2, 0) is 42.7 Å². The van der Waals surface area contributed by atoms with Gasteiger partial charge in [0.25, 0.3) is 0 Å². The minimum absolute atomic E-state index is 0.00857. The first-order chi connectivity index (χ1) is 22.2. The fourth-order valence-corrected chi connectivity index (χ4v) is 4.92. The normalized spacial score (nSPS) is 13.5. The van der Waals surface area contributed by atoms with Crippen LogP contribution in [0.5, 0.6) is 0 Å². The van der Waals surface area contributed by atoms with E-state index in [1.807, 2.05) is 0 Å². The Labute approximate surface area is 280 Å². The molecule has 10 nitrogen and oxygen atoms in total. The van der Waals surface area contributed by atoms with Crippen LogP contribution in [0, 0.1) is 23.7 Å². The molecule has 0 aliphatic rings. The second kappa shape index (κ2) is 33.6. The molecule has 0 aromatic carbocycles. The van der Waals surface area contributed by atoms with E-state index in [4.69, 9.17) is 38.3 Å². The molecule has 0 fully saturated rings. The quantitative estimate of drug-likeness (QED) is 0.0604. The fraction of sp³-hybridized carbons (Fsp3) is 0.944. The monoisotopic (exact) mass is 662 g/mol. The second-order valence-corrected chi connectivity index (χ2v) is 13.0. The topological polar surface area (TPSA) is 119 Å². The molecular weight excluding hydrogens is 592 g/mol. The lowest BCUT2D eigenvalue weighted by molar-refractivity contribution is -0.151. The molecule has 274 valence electrons. The van der Waals surface area contributed by atoms with Gasteiger partial charge in [0.15, 0.2) is 0 Å². The highest BCUT2D eigenvalue weighted by molar-refractivity contribution is 5.77. The van der Waals surface area contributed by atoms with Gasteiger partial charge in [-0.25, -0.2) is 0 Å². The molecule has 0 saturated heterocycles. The van der Waals surface area contributed by atoms with Crippen molar-refractivity contribution in [3.05, 3.63) is 0 Å². The van der Waals surface area contributed by atoms with Crippen LogP contribution in [0.3, 0.4) is 0 Å². The number of carbonyl (C=O) groups excluding carboxylic acids is 2. The summed E-state index contributed by atoms with van der Waals surface area (Å²) in [7, 11) is 0. The van der Waals surface area contributed by atoms with E-state index in [0.717, 1.165) is 30.6 Å². The average Bonchev–Trinajstić information content (AvgIpc) is 3.01. The Kier molecular flexibility index (Phi) is 32.6. The predicted octanol–water partition coefficient (Wildman–Crippen LogP) is 6.39. The van der Waals surface area contributed by atoms with Gasteiger partial charge in [-0.15, -0.1) is 0 Å². The summed E-state index contributed by atoms with van der Waals surface area (Å²) in [5.74, 6) is 2.17. The number of hydrogen-bond donors (Lipinski definition) is 1. The number of carbonyl (C=O) groups is 2. The van der Waals surface area contributed by atoms with Gasteiger partial charge in [-0.05, 0) is 30.1 Å². The zero-order chi connectivity index (χ0) is 34.1. The summed E-state index contributed by atoms with van der Waals surface area (Å²) < 4.78 is 37.0. The van der Waals surface area contributed by atoms with Crippen molar-refractivity contribution in [1.29, 1.82) is 0 Å². The minimum atomic E-state index is -0.432. The van der Waals surface area contributed by atoms with Gasteiger partial charge in [0.05, 0.1) is 92.1 Å². The lowest BCUT2D eigenvalue weighted by Gasteiger charge is -2.16. The van der Waals surface area contributed by atoms with Gasteiger partial charge in [-0.3, -0.25) is 9.59 Å². The van der Waals surface area contributed by atoms with Gasteiger partial charge in [-0.2, -0.15) is 0 Å². The molecule has 0 heterocycles. The van der Waals surface area contributed by atoms with E-state index in [1.54, 1.807) is 0 Å². The molecule has 0 bridgehead atoms. The lowest BCUT2D eigenvalue weighted by Crippen LogP contribution is -2.16. The first-order valence-electron chi connectivity index (χ1n) is 18.0. The maximum atomic E-state index is 12.0. The minimum Gasteiger partial charge on any atom is -0.466 e. The average molecular weight is 663 g/mol. The van der Waals surface area contributed by atoms with Gasteiger partial charge in [-0.1, -0.05) is 92.4 Å². The zero-order valence-corrected chi connectivity index (χ0v) is 30.1. The van der Waals surface area contributed by atoms with E-state index in [9.17, 15) is 9.59 Å². The molecule has 0 aliphatic heterocycles. The highest BCUT2D eigenvalue weighted by Crippen LogP contribution is 2.22. The third-order valence-electron chi connectivity index (χ3n) is 7.89. The van der Waals surface area contributed by atoms with E-state index >= 15 is 0 Å². The number of esters is 2. The van der Waals surface area contributed by atoms with Gasteiger partial charge in [0.2, 0.25) is 0 Å². The second-order valence-electron chi connectivity index (χ2n) is 13.0. The number of ether oxygens (including phenoxy) is 7. The van der Waals surface area contributed by atoms with Crippen LogP contribution in [0.1, 0.15) is 112 Å². The maximum Gasteiger partial charge on any atom is 0.306 e. The Morgan fingerprint density at radius 1 is 0.435 bits per heavy atom. The fourth-order valence-electron chi connectivity index (χ4n) is 4.92. The molecule has 0 amide bonds. The van der Waals surface area contributed by atoms with Crippen LogP contribution < -0.4 is 0 Å². The van der Waals surface area contributed by atoms with Crippen molar-refractivity contribution >= 4 is 11.9 Å². The third-order valence-corrected chi connectivity index (χ3v) is 7.89. The van der Waals surface area contributed by atoms with Crippen molar-refractivity contribution in [3.8, 4) is 0 Å². The first-order valence-corrected chi connectivity index (χ1v) is 18.0. The SMILES string of the molecule is CC(C)CCCC(C)CCCC(C)CCCC(C)CCOC(=O)CCC(=O)OCCOCCOCCOCCOCCOCCO. The summed E-state index contributed by atoms with van der Waals surface area (Å²) in [5.41, 5.74) is 0. The molecule has 3 atom stereocenters. The van der Waals surface area contributed by atoms with Crippen molar-refractivity contribution in [2.45, 2.75) is 112 Å². The van der Waals surface area contributed by atoms with Gasteiger partial charge >= 0.3 is 11.9 Å². The standard InChI is InChI=1S/C36H70O10/c1-31(2)9-6-10-32(3)11-7-12-33(4)13-8-14-34(5)17-19-45-35(38)15-16-36(39)46-30-29-44-28-27-43-26-25-42-24-23-41-22-21-40-20-18-37/h31-34,37H,6-30H2,1-5H3. The predicted molar refractivity (Wildman–Crippen MR) is 181 cm³/mol.